The summed E-state index contributed by atoms with van der Waals surface area (Å²) >= 11 is 1.76. The normalized spacial score (nSPS) is 29.3. The first-order valence-electron chi connectivity index (χ1n) is 7.22. The summed E-state index contributed by atoms with van der Waals surface area (Å²) in [7, 11) is 1.84. The molecule has 3 N–H and O–H groups in total. The standard InChI is InChI=1S/C15H26N2OS/c1-12-5-8-15(18-2,9-6-12)14(17-16)4-3-13-7-10-19-11-13/h7,10-12,14,17H,3-6,8-9,16H2,1-2H3. The smallest absolute Gasteiger partial charge is 0.0844 e. The van der Waals surface area contributed by atoms with Gasteiger partial charge in [-0.3, -0.25) is 11.3 Å². The second-order valence-electron chi connectivity index (χ2n) is 5.84. The van der Waals surface area contributed by atoms with E-state index < -0.39 is 0 Å². The SMILES string of the molecule is COC1(C(CCc2ccsc2)NN)CCC(C)CC1. The summed E-state index contributed by atoms with van der Waals surface area (Å²) < 4.78 is 5.91. The van der Waals surface area contributed by atoms with Crippen LogP contribution in [-0.4, -0.2) is 18.8 Å². The summed E-state index contributed by atoms with van der Waals surface area (Å²) in [5.41, 5.74) is 4.35. The van der Waals surface area contributed by atoms with Crippen LogP contribution in [0.2, 0.25) is 0 Å². The van der Waals surface area contributed by atoms with E-state index >= 15 is 0 Å². The maximum absolute atomic E-state index is 5.91. The Morgan fingerprint density at radius 1 is 1.53 bits per heavy atom. The molecule has 1 aromatic heterocycles. The number of aryl methyl sites for hydroxylation is 1. The number of rotatable bonds is 6. The average molecular weight is 282 g/mol. The molecule has 1 atom stereocenters. The molecule has 1 fully saturated rings. The molecule has 2 rings (SSSR count). The highest BCUT2D eigenvalue weighted by atomic mass is 32.1. The summed E-state index contributed by atoms with van der Waals surface area (Å²) in [6.45, 7) is 2.33. The van der Waals surface area contributed by atoms with Crippen molar-refractivity contribution in [2.45, 2.75) is 57.1 Å². The van der Waals surface area contributed by atoms with Crippen molar-refractivity contribution in [1.29, 1.82) is 0 Å². The van der Waals surface area contributed by atoms with E-state index in [1.165, 1.54) is 18.4 Å². The van der Waals surface area contributed by atoms with Crippen LogP contribution in [-0.2, 0) is 11.2 Å². The Hall–Kier alpha value is -0.420. The third-order valence-corrected chi connectivity index (χ3v) is 5.40. The van der Waals surface area contributed by atoms with E-state index in [2.05, 4.69) is 29.2 Å². The fraction of sp³-hybridized carbons (Fsp3) is 0.733. The predicted molar refractivity (Wildman–Crippen MR) is 81.1 cm³/mol. The fourth-order valence-corrected chi connectivity index (χ4v) is 3.89. The number of thiophene rings is 1. The molecular weight excluding hydrogens is 256 g/mol. The Morgan fingerprint density at radius 2 is 2.26 bits per heavy atom. The van der Waals surface area contributed by atoms with Crippen LogP contribution in [0.3, 0.4) is 0 Å². The molecule has 1 aliphatic rings. The van der Waals surface area contributed by atoms with Crippen LogP contribution in [0.15, 0.2) is 16.8 Å². The van der Waals surface area contributed by atoms with E-state index in [0.717, 1.165) is 31.6 Å². The van der Waals surface area contributed by atoms with Gasteiger partial charge in [0.05, 0.1) is 11.6 Å². The first-order chi connectivity index (χ1) is 9.20. The Balaban J connectivity index is 1.97. The van der Waals surface area contributed by atoms with Gasteiger partial charge in [-0.05, 0) is 66.8 Å². The van der Waals surface area contributed by atoms with Gasteiger partial charge in [-0.1, -0.05) is 6.92 Å². The summed E-state index contributed by atoms with van der Waals surface area (Å²) in [5, 5.41) is 4.35. The number of methoxy groups -OCH3 is 1. The van der Waals surface area contributed by atoms with Gasteiger partial charge in [0.15, 0.2) is 0 Å². The van der Waals surface area contributed by atoms with Crippen molar-refractivity contribution in [3.63, 3.8) is 0 Å². The molecule has 1 aromatic rings. The third kappa shape index (κ3) is 3.57. The van der Waals surface area contributed by atoms with Crippen molar-refractivity contribution >= 4 is 11.3 Å². The maximum Gasteiger partial charge on any atom is 0.0844 e. The maximum atomic E-state index is 5.91. The molecule has 0 aromatic carbocycles. The Labute approximate surface area is 120 Å². The minimum absolute atomic E-state index is 0.0721. The van der Waals surface area contributed by atoms with Gasteiger partial charge in [-0.25, -0.2) is 0 Å². The minimum Gasteiger partial charge on any atom is -0.377 e. The van der Waals surface area contributed by atoms with Crippen molar-refractivity contribution in [2.75, 3.05) is 7.11 Å². The highest BCUT2D eigenvalue weighted by Crippen LogP contribution is 2.37. The van der Waals surface area contributed by atoms with E-state index in [-0.39, 0.29) is 11.6 Å². The fourth-order valence-electron chi connectivity index (χ4n) is 3.19. The zero-order valence-corrected chi connectivity index (χ0v) is 12.8. The average Bonchev–Trinajstić information content (AvgIpc) is 2.95. The summed E-state index contributed by atoms with van der Waals surface area (Å²) in [4.78, 5) is 0. The molecule has 4 heteroatoms. The Morgan fingerprint density at radius 3 is 2.79 bits per heavy atom. The van der Waals surface area contributed by atoms with E-state index in [4.69, 9.17) is 10.6 Å². The third-order valence-electron chi connectivity index (χ3n) is 4.67. The van der Waals surface area contributed by atoms with Crippen molar-refractivity contribution in [2.24, 2.45) is 11.8 Å². The van der Waals surface area contributed by atoms with Crippen molar-refractivity contribution in [3.8, 4) is 0 Å². The Bertz CT molecular complexity index is 358. The van der Waals surface area contributed by atoms with Crippen LogP contribution in [0, 0.1) is 5.92 Å². The molecule has 0 saturated heterocycles. The summed E-state index contributed by atoms with van der Waals surface area (Å²) in [6, 6.07) is 2.44. The van der Waals surface area contributed by atoms with Gasteiger partial charge in [0.25, 0.3) is 0 Å². The second kappa shape index (κ2) is 6.84. The van der Waals surface area contributed by atoms with Gasteiger partial charge < -0.3 is 4.74 Å². The van der Waals surface area contributed by atoms with Gasteiger partial charge in [0.2, 0.25) is 0 Å². The molecule has 0 bridgehead atoms. The lowest BCUT2D eigenvalue weighted by Gasteiger charge is -2.43. The molecule has 0 radical (unpaired) electrons. The lowest BCUT2D eigenvalue weighted by atomic mass is 9.74. The highest BCUT2D eigenvalue weighted by Gasteiger charge is 2.40. The molecule has 108 valence electrons. The predicted octanol–water partition coefficient (Wildman–Crippen LogP) is 3.11. The quantitative estimate of drug-likeness (QED) is 0.622. The highest BCUT2D eigenvalue weighted by molar-refractivity contribution is 7.07. The van der Waals surface area contributed by atoms with Gasteiger partial charge in [0, 0.05) is 7.11 Å². The first-order valence-corrected chi connectivity index (χ1v) is 8.17. The first kappa shape index (κ1) is 15.0. The number of hydrogen-bond donors (Lipinski definition) is 2. The van der Waals surface area contributed by atoms with Crippen LogP contribution in [0.5, 0.6) is 0 Å². The molecule has 0 spiro atoms. The van der Waals surface area contributed by atoms with Gasteiger partial charge >= 0.3 is 0 Å². The van der Waals surface area contributed by atoms with Crippen LogP contribution in [0.25, 0.3) is 0 Å². The lowest BCUT2D eigenvalue weighted by Crippen LogP contribution is -2.56. The topological polar surface area (TPSA) is 47.3 Å². The minimum atomic E-state index is -0.0721. The zero-order valence-electron chi connectivity index (χ0n) is 12.0. The monoisotopic (exact) mass is 282 g/mol. The van der Waals surface area contributed by atoms with Gasteiger partial charge in [0.1, 0.15) is 0 Å². The molecule has 19 heavy (non-hydrogen) atoms. The van der Waals surface area contributed by atoms with Crippen LogP contribution in [0.1, 0.15) is 44.6 Å². The van der Waals surface area contributed by atoms with E-state index in [0.29, 0.717) is 0 Å². The van der Waals surface area contributed by atoms with E-state index in [1.807, 2.05) is 7.11 Å². The molecule has 0 amide bonds. The summed E-state index contributed by atoms with van der Waals surface area (Å²) in [6.07, 6.45) is 6.82. The molecule has 1 heterocycles. The van der Waals surface area contributed by atoms with Crippen molar-refractivity contribution < 1.29 is 4.74 Å². The molecule has 0 aliphatic heterocycles. The summed E-state index contributed by atoms with van der Waals surface area (Å²) in [5.74, 6) is 6.63. The van der Waals surface area contributed by atoms with Crippen LogP contribution < -0.4 is 11.3 Å². The molecule has 1 unspecified atom stereocenters. The molecule has 1 aliphatic carbocycles. The van der Waals surface area contributed by atoms with Gasteiger partial charge in [-0.15, -0.1) is 0 Å². The molecule has 3 nitrogen and oxygen atoms in total. The number of nitrogens with one attached hydrogen (secondary N) is 1. The van der Waals surface area contributed by atoms with Crippen molar-refractivity contribution in [1.82, 2.24) is 5.43 Å². The van der Waals surface area contributed by atoms with Gasteiger partial charge in [-0.2, -0.15) is 11.3 Å². The van der Waals surface area contributed by atoms with E-state index in [1.54, 1.807) is 11.3 Å². The lowest BCUT2D eigenvalue weighted by molar-refractivity contribution is -0.0764. The van der Waals surface area contributed by atoms with Crippen LogP contribution >= 0.6 is 11.3 Å². The van der Waals surface area contributed by atoms with Crippen molar-refractivity contribution in [3.05, 3.63) is 22.4 Å². The largest absolute Gasteiger partial charge is 0.377 e. The number of ether oxygens (including phenoxy) is 1. The van der Waals surface area contributed by atoms with Crippen LogP contribution in [0.4, 0.5) is 0 Å². The van der Waals surface area contributed by atoms with E-state index in [9.17, 15) is 0 Å². The number of hydrazine groups is 1. The zero-order chi connectivity index (χ0) is 13.7. The molecular formula is C15H26N2OS. The molecule has 1 saturated carbocycles. The number of nitrogens with two attached hydrogens (primary N) is 1. The Kier molecular flexibility index (Phi) is 5.39. The second-order valence-corrected chi connectivity index (χ2v) is 6.62. The number of hydrogen-bond acceptors (Lipinski definition) is 4.